The van der Waals surface area contributed by atoms with Crippen molar-refractivity contribution in [2.45, 2.75) is 44.8 Å². The molecule has 0 saturated heterocycles. The summed E-state index contributed by atoms with van der Waals surface area (Å²) in [4.78, 5) is 13.9. The van der Waals surface area contributed by atoms with E-state index in [0.717, 1.165) is 38.8 Å². The number of carboxylic acids is 1. The Bertz CT molecular complexity index is 600. The van der Waals surface area contributed by atoms with Crippen molar-refractivity contribution in [1.82, 2.24) is 4.90 Å². The summed E-state index contributed by atoms with van der Waals surface area (Å²) in [6.45, 7) is 1.74. The molecule has 126 valence electrons. The highest BCUT2D eigenvalue weighted by molar-refractivity contribution is 5.70. The molecule has 2 aromatic carbocycles. The summed E-state index contributed by atoms with van der Waals surface area (Å²) in [6.07, 6.45) is 3.66. The van der Waals surface area contributed by atoms with Gasteiger partial charge in [0.05, 0.1) is 5.92 Å². The molecule has 0 aliphatic heterocycles. The van der Waals surface area contributed by atoms with Crippen LogP contribution in [0.3, 0.4) is 0 Å². The second-order valence-electron chi connectivity index (χ2n) is 6.73. The average molecular weight is 323 g/mol. The maximum Gasteiger partial charge on any atom is 0.306 e. The van der Waals surface area contributed by atoms with Gasteiger partial charge in [0.25, 0.3) is 0 Å². The van der Waals surface area contributed by atoms with E-state index in [9.17, 15) is 9.90 Å². The molecular formula is C21H25NO2. The van der Waals surface area contributed by atoms with Gasteiger partial charge in [-0.05, 0) is 30.4 Å². The lowest BCUT2D eigenvalue weighted by atomic mass is 9.84. The first-order valence-electron chi connectivity index (χ1n) is 8.77. The molecule has 0 radical (unpaired) electrons. The zero-order chi connectivity index (χ0) is 16.8. The maximum absolute atomic E-state index is 11.4. The lowest BCUT2D eigenvalue weighted by molar-refractivity contribution is -0.143. The maximum atomic E-state index is 11.4. The molecule has 3 nitrogen and oxygen atoms in total. The zero-order valence-electron chi connectivity index (χ0n) is 14.0. The van der Waals surface area contributed by atoms with E-state index in [2.05, 4.69) is 53.4 Å². The van der Waals surface area contributed by atoms with Crippen LogP contribution in [-0.2, 0) is 17.9 Å². The predicted octanol–water partition coefficient (Wildman–Crippen LogP) is 4.33. The highest BCUT2D eigenvalue weighted by atomic mass is 16.4. The summed E-state index contributed by atoms with van der Waals surface area (Å²) >= 11 is 0. The minimum atomic E-state index is -0.640. The number of nitrogens with zero attached hydrogens (tertiary/aromatic N) is 1. The Hall–Kier alpha value is -2.13. The molecule has 24 heavy (non-hydrogen) atoms. The van der Waals surface area contributed by atoms with E-state index < -0.39 is 5.97 Å². The van der Waals surface area contributed by atoms with Crippen LogP contribution in [0, 0.1) is 5.92 Å². The Kier molecular flexibility index (Phi) is 5.65. The van der Waals surface area contributed by atoms with Gasteiger partial charge < -0.3 is 5.11 Å². The second-order valence-corrected chi connectivity index (χ2v) is 6.73. The molecule has 0 amide bonds. The van der Waals surface area contributed by atoms with Crippen LogP contribution in [0.25, 0.3) is 0 Å². The Morgan fingerprint density at radius 3 is 1.96 bits per heavy atom. The molecule has 2 atom stereocenters. The third-order valence-corrected chi connectivity index (χ3v) is 4.97. The minimum Gasteiger partial charge on any atom is -0.481 e. The quantitative estimate of drug-likeness (QED) is 0.860. The van der Waals surface area contributed by atoms with Crippen LogP contribution in [0.5, 0.6) is 0 Å². The highest BCUT2D eigenvalue weighted by Gasteiger charge is 2.30. The van der Waals surface area contributed by atoms with Gasteiger partial charge in [0.1, 0.15) is 0 Å². The molecule has 1 aliphatic rings. The van der Waals surface area contributed by atoms with E-state index >= 15 is 0 Å². The van der Waals surface area contributed by atoms with Crippen LogP contribution in [0.4, 0.5) is 0 Å². The number of aliphatic carboxylic acids is 1. The second kappa shape index (κ2) is 8.11. The van der Waals surface area contributed by atoms with Crippen LogP contribution in [-0.4, -0.2) is 22.0 Å². The summed E-state index contributed by atoms with van der Waals surface area (Å²) in [6, 6.07) is 21.3. The third kappa shape index (κ3) is 4.45. The monoisotopic (exact) mass is 323 g/mol. The lowest BCUT2D eigenvalue weighted by Crippen LogP contribution is -2.39. The molecule has 0 heterocycles. The molecule has 3 heteroatoms. The molecule has 1 N–H and O–H groups in total. The Morgan fingerprint density at radius 2 is 1.46 bits per heavy atom. The fraction of sp³-hybridized carbons (Fsp3) is 0.381. The highest BCUT2D eigenvalue weighted by Crippen LogP contribution is 2.30. The van der Waals surface area contributed by atoms with Crippen molar-refractivity contribution in [3.8, 4) is 0 Å². The van der Waals surface area contributed by atoms with Crippen molar-refractivity contribution >= 4 is 5.97 Å². The first kappa shape index (κ1) is 16.7. The van der Waals surface area contributed by atoms with Gasteiger partial charge in [-0.2, -0.15) is 0 Å². The number of carboxylic acid groups (broad SMARTS) is 1. The van der Waals surface area contributed by atoms with Gasteiger partial charge in [-0.25, -0.2) is 0 Å². The standard InChI is InChI=1S/C21H25NO2/c23-21(24)19-12-7-13-20(14-19)22(15-17-8-3-1-4-9-17)16-18-10-5-2-6-11-18/h1-6,8-11,19-20H,7,12-16H2,(H,23,24)/t19-,20-/m0/s1. The first-order valence-corrected chi connectivity index (χ1v) is 8.77. The summed E-state index contributed by atoms with van der Waals surface area (Å²) < 4.78 is 0. The SMILES string of the molecule is O=C(O)[C@H]1CCC[C@H](N(Cc2ccccc2)Cc2ccccc2)C1. The molecule has 2 aromatic rings. The predicted molar refractivity (Wildman–Crippen MR) is 95.5 cm³/mol. The topological polar surface area (TPSA) is 40.5 Å². The molecule has 3 rings (SSSR count). The van der Waals surface area contributed by atoms with Gasteiger partial charge in [0.15, 0.2) is 0 Å². The van der Waals surface area contributed by atoms with Gasteiger partial charge >= 0.3 is 5.97 Å². The van der Waals surface area contributed by atoms with Crippen molar-refractivity contribution in [3.05, 3.63) is 71.8 Å². The van der Waals surface area contributed by atoms with Crippen molar-refractivity contribution in [1.29, 1.82) is 0 Å². The van der Waals surface area contributed by atoms with Gasteiger partial charge in [-0.15, -0.1) is 0 Å². The van der Waals surface area contributed by atoms with E-state index in [1.165, 1.54) is 11.1 Å². The van der Waals surface area contributed by atoms with Gasteiger partial charge in [-0.1, -0.05) is 67.1 Å². The summed E-state index contributed by atoms with van der Waals surface area (Å²) in [5.41, 5.74) is 2.57. The summed E-state index contributed by atoms with van der Waals surface area (Å²) in [5, 5.41) is 9.40. The molecule has 1 aliphatic carbocycles. The minimum absolute atomic E-state index is 0.196. The summed E-state index contributed by atoms with van der Waals surface area (Å²) in [7, 11) is 0. The van der Waals surface area contributed by atoms with E-state index in [4.69, 9.17) is 0 Å². The number of hydrogen-bond donors (Lipinski definition) is 1. The number of carbonyl (C=O) groups is 1. The number of hydrogen-bond acceptors (Lipinski definition) is 2. The van der Waals surface area contributed by atoms with Crippen LogP contribution in [0.2, 0.25) is 0 Å². The van der Waals surface area contributed by atoms with Gasteiger partial charge in [0.2, 0.25) is 0 Å². The third-order valence-electron chi connectivity index (χ3n) is 4.97. The molecule has 1 saturated carbocycles. The normalized spacial score (nSPS) is 20.9. The fourth-order valence-corrected chi connectivity index (χ4v) is 3.67. The van der Waals surface area contributed by atoms with Crippen LogP contribution >= 0.6 is 0 Å². The fourth-order valence-electron chi connectivity index (χ4n) is 3.67. The van der Waals surface area contributed by atoms with Crippen molar-refractivity contribution < 1.29 is 9.90 Å². The van der Waals surface area contributed by atoms with Crippen molar-refractivity contribution in [2.24, 2.45) is 5.92 Å². The van der Waals surface area contributed by atoms with E-state index in [-0.39, 0.29) is 5.92 Å². The molecule has 0 spiro atoms. The van der Waals surface area contributed by atoms with E-state index in [1.807, 2.05) is 12.1 Å². The zero-order valence-corrected chi connectivity index (χ0v) is 14.0. The Morgan fingerprint density at radius 1 is 0.917 bits per heavy atom. The Balaban J connectivity index is 1.77. The molecular weight excluding hydrogens is 298 g/mol. The summed E-state index contributed by atoms with van der Waals surface area (Å²) in [5.74, 6) is -0.836. The number of rotatable bonds is 6. The number of benzene rings is 2. The smallest absolute Gasteiger partial charge is 0.306 e. The van der Waals surface area contributed by atoms with E-state index in [1.54, 1.807) is 0 Å². The molecule has 1 fully saturated rings. The first-order chi connectivity index (χ1) is 11.7. The van der Waals surface area contributed by atoms with Crippen LogP contribution in [0.15, 0.2) is 60.7 Å². The van der Waals surface area contributed by atoms with Crippen LogP contribution < -0.4 is 0 Å². The molecule has 0 aromatic heterocycles. The Labute approximate surface area is 143 Å². The average Bonchev–Trinajstić information content (AvgIpc) is 2.63. The van der Waals surface area contributed by atoms with Gasteiger partial charge in [-0.3, -0.25) is 9.69 Å². The molecule has 0 bridgehead atoms. The lowest BCUT2D eigenvalue weighted by Gasteiger charge is -2.36. The van der Waals surface area contributed by atoms with Crippen molar-refractivity contribution in [2.75, 3.05) is 0 Å². The van der Waals surface area contributed by atoms with Crippen LogP contribution in [0.1, 0.15) is 36.8 Å². The van der Waals surface area contributed by atoms with Gasteiger partial charge in [0, 0.05) is 19.1 Å². The van der Waals surface area contributed by atoms with Crippen molar-refractivity contribution in [3.63, 3.8) is 0 Å². The van der Waals surface area contributed by atoms with E-state index in [0.29, 0.717) is 6.04 Å². The largest absolute Gasteiger partial charge is 0.481 e. The molecule has 0 unspecified atom stereocenters.